The van der Waals surface area contributed by atoms with Crippen molar-refractivity contribution in [3.63, 3.8) is 0 Å². The van der Waals surface area contributed by atoms with Gasteiger partial charge in [0.25, 0.3) is 0 Å². The number of hydrogen-bond acceptors (Lipinski definition) is 4. The number of oxazole rings is 1. The van der Waals surface area contributed by atoms with E-state index in [2.05, 4.69) is 114 Å². The summed E-state index contributed by atoms with van der Waals surface area (Å²) in [6.07, 6.45) is 0. The zero-order valence-corrected chi connectivity index (χ0v) is 24.2. The summed E-state index contributed by atoms with van der Waals surface area (Å²) < 4.78 is 12.7. The van der Waals surface area contributed by atoms with E-state index in [1.807, 2.05) is 48.5 Å². The summed E-state index contributed by atoms with van der Waals surface area (Å²) >= 11 is 0. The maximum atomic E-state index is 6.44. The molecule has 4 heteroatoms. The number of anilines is 3. The van der Waals surface area contributed by atoms with Gasteiger partial charge in [0, 0.05) is 28.4 Å². The first-order valence-corrected chi connectivity index (χ1v) is 15.0. The first-order chi connectivity index (χ1) is 22.3. The normalized spacial score (nSPS) is 11.6. The number of fused-ring (bicyclic) bond motifs is 5. The first-order valence-electron chi connectivity index (χ1n) is 15.0. The molecule has 0 saturated carbocycles. The summed E-state index contributed by atoms with van der Waals surface area (Å²) in [4.78, 5) is 7.06. The Hall–Kier alpha value is -6.13. The summed E-state index contributed by atoms with van der Waals surface area (Å²) in [6.45, 7) is 0. The van der Waals surface area contributed by atoms with Crippen LogP contribution in [0.5, 0.6) is 0 Å². The van der Waals surface area contributed by atoms with E-state index in [0.717, 1.165) is 55.7 Å². The van der Waals surface area contributed by atoms with E-state index >= 15 is 0 Å². The van der Waals surface area contributed by atoms with Gasteiger partial charge in [0.2, 0.25) is 5.89 Å². The van der Waals surface area contributed by atoms with E-state index in [4.69, 9.17) is 13.8 Å². The van der Waals surface area contributed by atoms with Crippen LogP contribution in [0.1, 0.15) is 0 Å². The van der Waals surface area contributed by atoms with Crippen molar-refractivity contribution in [2.24, 2.45) is 0 Å². The van der Waals surface area contributed by atoms with E-state index in [1.165, 1.54) is 21.9 Å². The van der Waals surface area contributed by atoms with Gasteiger partial charge < -0.3 is 13.7 Å². The van der Waals surface area contributed by atoms with E-state index < -0.39 is 0 Å². The lowest BCUT2D eigenvalue weighted by molar-refractivity contribution is 0.620. The standard InChI is InChI=1S/C41H26N2O2/c1-3-11-29(12-4-1)41-42-35-26-38-34(25-39(35)45-41)40-36(16-9-17-37(40)44-38)43(32-14-5-2-6-15-32)33-22-20-28(21-23-33)31-19-18-27-10-7-8-13-30(27)24-31/h1-26H. The molecule has 0 atom stereocenters. The van der Waals surface area contributed by atoms with Gasteiger partial charge in [-0.1, -0.05) is 91.0 Å². The van der Waals surface area contributed by atoms with E-state index in [0.29, 0.717) is 5.89 Å². The van der Waals surface area contributed by atoms with Crippen LogP contribution in [0.15, 0.2) is 167 Å². The van der Waals surface area contributed by atoms with Gasteiger partial charge in [-0.3, -0.25) is 0 Å². The van der Waals surface area contributed by atoms with Crippen LogP contribution in [0.2, 0.25) is 0 Å². The zero-order chi connectivity index (χ0) is 29.7. The Morgan fingerprint density at radius 2 is 1.16 bits per heavy atom. The van der Waals surface area contributed by atoms with Gasteiger partial charge in [0.05, 0.1) is 11.1 Å². The molecule has 45 heavy (non-hydrogen) atoms. The van der Waals surface area contributed by atoms with Crippen LogP contribution < -0.4 is 4.90 Å². The molecule has 7 aromatic carbocycles. The van der Waals surface area contributed by atoms with Crippen molar-refractivity contribution in [1.29, 1.82) is 0 Å². The molecule has 0 amide bonds. The minimum Gasteiger partial charge on any atom is -0.456 e. The molecule has 9 rings (SSSR count). The Morgan fingerprint density at radius 3 is 1.98 bits per heavy atom. The Kier molecular flexibility index (Phi) is 5.78. The first kappa shape index (κ1) is 25.4. The summed E-state index contributed by atoms with van der Waals surface area (Å²) in [5.74, 6) is 0.597. The lowest BCUT2D eigenvalue weighted by atomic mass is 10.0. The van der Waals surface area contributed by atoms with Crippen LogP contribution in [-0.2, 0) is 0 Å². The van der Waals surface area contributed by atoms with Gasteiger partial charge in [-0.05, 0) is 82.6 Å². The average Bonchev–Trinajstić information content (AvgIpc) is 3.69. The minimum atomic E-state index is 0.597. The van der Waals surface area contributed by atoms with E-state index in [9.17, 15) is 0 Å². The van der Waals surface area contributed by atoms with Gasteiger partial charge in [-0.2, -0.15) is 0 Å². The molecule has 0 aliphatic carbocycles. The maximum absolute atomic E-state index is 6.44. The second kappa shape index (κ2) is 10.2. The Balaban J connectivity index is 1.19. The molecule has 0 unspecified atom stereocenters. The lowest BCUT2D eigenvalue weighted by Crippen LogP contribution is -2.10. The van der Waals surface area contributed by atoms with E-state index in [1.54, 1.807) is 0 Å². The Labute approximate surface area is 259 Å². The molecule has 0 saturated heterocycles. The van der Waals surface area contributed by atoms with Crippen molar-refractivity contribution in [3.05, 3.63) is 158 Å². The van der Waals surface area contributed by atoms with Crippen LogP contribution >= 0.6 is 0 Å². The van der Waals surface area contributed by atoms with E-state index in [-0.39, 0.29) is 0 Å². The van der Waals surface area contributed by atoms with Crippen molar-refractivity contribution in [2.45, 2.75) is 0 Å². The second-order valence-electron chi connectivity index (χ2n) is 11.2. The number of hydrogen-bond donors (Lipinski definition) is 0. The number of para-hydroxylation sites is 1. The van der Waals surface area contributed by atoms with Gasteiger partial charge in [0.1, 0.15) is 16.7 Å². The molecular weight excluding hydrogens is 552 g/mol. The average molecular weight is 579 g/mol. The summed E-state index contributed by atoms with van der Waals surface area (Å²) in [5.41, 5.74) is 9.54. The molecule has 9 aromatic rings. The number of furan rings is 1. The summed E-state index contributed by atoms with van der Waals surface area (Å²) in [7, 11) is 0. The molecule has 0 radical (unpaired) electrons. The number of nitrogens with zero attached hydrogens (tertiary/aromatic N) is 2. The van der Waals surface area contributed by atoms with Crippen LogP contribution in [0, 0.1) is 0 Å². The molecule has 2 heterocycles. The van der Waals surface area contributed by atoms with Gasteiger partial charge >= 0.3 is 0 Å². The fraction of sp³-hybridized carbons (Fsp3) is 0. The molecule has 0 aliphatic rings. The van der Waals surface area contributed by atoms with Crippen LogP contribution in [0.4, 0.5) is 17.1 Å². The smallest absolute Gasteiger partial charge is 0.227 e. The van der Waals surface area contributed by atoms with Crippen LogP contribution in [0.25, 0.3) is 66.4 Å². The highest BCUT2D eigenvalue weighted by atomic mass is 16.4. The van der Waals surface area contributed by atoms with Crippen molar-refractivity contribution in [1.82, 2.24) is 4.98 Å². The highest BCUT2D eigenvalue weighted by Gasteiger charge is 2.21. The molecule has 0 aliphatic heterocycles. The van der Waals surface area contributed by atoms with Gasteiger partial charge in [-0.15, -0.1) is 0 Å². The number of benzene rings is 7. The fourth-order valence-electron chi connectivity index (χ4n) is 6.29. The predicted octanol–water partition coefficient (Wildman–Crippen LogP) is 11.7. The lowest BCUT2D eigenvalue weighted by Gasteiger charge is -2.26. The van der Waals surface area contributed by atoms with Crippen LogP contribution in [0.3, 0.4) is 0 Å². The van der Waals surface area contributed by atoms with Gasteiger partial charge in [0.15, 0.2) is 5.58 Å². The summed E-state index contributed by atoms with van der Waals surface area (Å²) in [6, 6.07) is 54.6. The Bertz CT molecular complexity index is 2480. The quantitative estimate of drug-likeness (QED) is 0.204. The predicted molar refractivity (Wildman–Crippen MR) is 184 cm³/mol. The van der Waals surface area contributed by atoms with Crippen molar-refractivity contribution < 1.29 is 8.83 Å². The number of rotatable bonds is 5. The second-order valence-corrected chi connectivity index (χ2v) is 11.2. The zero-order valence-electron chi connectivity index (χ0n) is 24.2. The Morgan fingerprint density at radius 1 is 0.444 bits per heavy atom. The topological polar surface area (TPSA) is 42.4 Å². The molecule has 0 N–H and O–H groups in total. The molecular formula is C41H26N2O2. The largest absolute Gasteiger partial charge is 0.456 e. The van der Waals surface area contributed by atoms with Crippen LogP contribution in [-0.4, -0.2) is 4.98 Å². The maximum Gasteiger partial charge on any atom is 0.227 e. The minimum absolute atomic E-state index is 0.597. The molecule has 0 fully saturated rings. The SMILES string of the molecule is c1ccc(-c2nc3cc4oc5cccc(N(c6ccccc6)c6ccc(-c7ccc8ccccc8c7)cc6)c5c4cc3o2)cc1. The third-order valence-corrected chi connectivity index (χ3v) is 8.47. The van der Waals surface area contributed by atoms with Crippen molar-refractivity contribution in [3.8, 4) is 22.6 Å². The monoisotopic (exact) mass is 578 g/mol. The molecule has 4 nitrogen and oxygen atoms in total. The summed E-state index contributed by atoms with van der Waals surface area (Å²) in [5, 5.41) is 4.49. The molecule has 0 bridgehead atoms. The number of aromatic nitrogens is 1. The molecule has 2 aromatic heterocycles. The fourth-order valence-corrected chi connectivity index (χ4v) is 6.29. The molecule has 212 valence electrons. The van der Waals surface area contributed by atoms with Crippen molar-refractivity contribution in [2.75, 3.05) is 4.90 Å². The molecule has 0 spiro atoms. The highest BCUT2D eigenvalue weighted by molar-refractivity contribution is 6.15. The van der Waals surface area contributed by atoms with Gasteiger partial charge in [-0.25, -0.2) is 4.98 Å². The highest BCUT2D eigenvalue weighted by Crippen LogP contribution is 2.44. The third kappa shape index (κ3) is 4.35. The van der Waals surface area contributed by atoms with Crippen molar-refractivity contribution >= 4 is 60.9 Å². The third-order valence-electron chi connectivity index (χ3n) is 8.47.